The van der Waals surface area contributed by atoms with Gasteiger partial charge in [-0.15, -0.1) is 6.58 Å². The smallest absolute Gasteiger partial charge is 0.141 e. The Balaban J connectivity index is 2.65. The molecule has 0 spiro atoms. The lowest BCUT2D eigenvalue weighted by Gasteiger charge is -2.14. The second kappa shape index (κ2) is 5.58. The van der Waals surface area contributed by atoms with Crippen molar-refractivity contribution >= 4 is 0 Å². The first kappa shape index (κ1) is 11.8. The fourth-order valence-corrected chi connectivity index (χ4v) is 1.30. The standard InChI is InChI=1S/C11H16FN3/c1-8(2)3-5-11(15-13)10-6-4-9(12)7-14-10/h4,6-7,11,15H,1,3,5,13H2,2H3. The van der Waals surface area contributed by atoms with Crippen LogP contribution < -0.4 is 11.3 Å². The van der Waals surface area contributed by atoms with Crippen LogP contribution in [-0.2, 0) is 0 Å². The quantitative estimate of drug-likeness (QED) is 0.443. The van der Waals surface area contributed by atoms with Crippen LogP contribution in [0.15, 0.2) is 30.5 Å². The van der Waals surface area contributed by atoms with Gasteiger partial charge >= 0.3 is 0 Å². The molecule has 82 valence electrons. The summed E-state index contributed by atoms with van der Waals surface area (Å²) in [7, 11) is 0. The monoisotopic (exact) mass is 209 g/mol. The van der Waals surface area contributed by atoms with Crippen molar-refractivity contribution in [2.24, 2.45) is 5.84 Å². The molecule has 1 unspecified atom stereocenters. The van der Waals surface area contributed by atoms with E-state index in [-0.39, 0.29) is 11.9 Å². The van der Waals surface area contributed by atoms with E-state index in [0.29, 0.717) is 0 Å². The summed E-state index contributed by atoms with van der Waals surface area (Å²) in [4.78, 5) is 3.98. The number of hydrogen-bond acceptors (Lipinski definition) is 3. The van der Waals surface area contributed by atoms with Crippen molar-refractivity contribution in [1.82, 2.24) is 10.4 Å². The van der Waals surface area contributed by atoms with Gasteiger partial charge in [0.15, 0.2) is 0 Å². The summed E-state index contributed by atoms with van der Waals surface area (Å²) < 4.78 is 12.6. The number of hydrazine groups is 1. The molecule has 0 aliphatic rings. The first-order chi connectivity index (χ1) is 7.13. The van der Waals surface area contributed by atoms with Crippen LogP contribution in [0.4, 0.5) is 4.39 Å². The minimum atomic E-state index is -0.338. The van der Waals surface area contributed by atoms with Crippen molar-refractivity contribution in [2.45, 2.75) is 25.8 Å². The number of rotatable bonds is 5. The fourth-order valence-electron chi connectivity index (χ4n) is 1.30. The molecule has 1 atom stereocenters. The molecule has 4 heteroatoms. The summed E-state index contributed by atoms with van der Waals surface area (Å²) in [5.41, 5.74) is 4.51. The second-order valence-corrected chi connectivity index (χ2v) is 3.62. The van der Waals surface area contributed by atoms with Crippen LogP contribution in [0.2, 0.25) is 0 Å². The molecule has 0 saturated carbocycles. The Hall–Kier alpha value is -1.26. The van der Waals surface area contributed by atoms with E-state index in [1.54, 1.807) is 6.07 Å². The first-order valence-corrected chi connectivity index (χ1v) is 4.85. The van der Waals surface area contributed by atoms with E-state index in [2.05, 4.69) is 17.0 Å². The Kier molecular flexibility index (Phi) is 4.39. The molecule has 0 aliphatic carbocycles. The number of nitrogens with two attached hydrogens (primary N) is 1. The van der Waals surface area contributed by atoms with E-state index in [4.69, 9.17) is 5.84 Å². The van der Waals surface area contributed by atoms with Gasteiger partial charge in [0.2, 0.25) is 0 Å². The molecule has 0 aliphatic heterocycles. The summed E-state index contributed by atoms with van der Waals surface area (Å²) in [5, 5.41) is 0. The van der Waals surface area contributed by atoms with Gasteiger partial charge in [0, 0.05) is 0 Å². The second-order valence-electron chi connectivity index (χ2n) is 3.62. The van der Waals surface area contributed by atoms with Gasteiger partial charge in [0.05, 0.1) is 17.9 Å². The number of aromatic nitrogens is 1. The van der Waals surface area contributed by atoms with Crippen LogP contribution in [0.1, 0.15) is 31.5 Å². The molecule has 0 bridgehead atoms. The molecular weight excluding hydrogens is 193 g/mol. The molecule has 1 heterocycles. The summed E-state index contributed by atoms with van der Waals surface area (Å²) in [6.07, 6.45) is 2.87. The Morgan fingerprint density at radius 3 is 2.87 bits per heavy atom. The fraction of sp³-hybridized carbons (Fsp3) is 0.364. The predicted molar refractivity (Wildman–Crippen MR) is 58.3 cm³/mol. The number of pyridine rings is 1. The zero-order valence-electron chi connectivity index (χ0n) is 8.83. The maximum atomic E-state index is 12.6. The van der Waals surface area contributed by atoms with Gasteiger partial charge in [-0.3, -0.25) is 16.3 Å². The summed E-state index contributed by atoms with van der Waals surface area (Å²) >= 11 is 0. The van der Waals surface area contributed by atoms with Crippen molar-refractivity contribution in [1.29, 1.82) is 0 Å². The summed E-state index contributed by atoms with van der Waals surface area (Å²) in [6, 6.07) is 2.97. The van der Waals surface area contributed by atoms with E-state index in [1.807, 2.05) is 6.92 Å². The average Bonchev–Trinajstić information content (AvgIpc) is 2.21. The Morgan fingerprint density at radius 2 is 2.40 bits per heavy atom. The number of halogens is 1. The van der Waals surface area contributed by atoms with Crippen molar-refractivity contribution < 1.29 is 4.39 Å². The van der Waals surface area contributed by atoms with Crippen LogP contribution in [0.25, 0.3) is 0 Å². The van der Waals surface area contributed by atoms with Crippen LogP contribution in [-0.4, -0.2) is 4.98 Å². The van der Waals surface area contributed by atoms with Crippen molar-refractivity contribution in [3.05, 3.63) is 42.0 Å². The third-order valence-electron chi connectivity index (χ3n) is 2.17. The Morgan fingerprint density at radius 1 is 1.67 bits per heavy atom. The van der Waals surface area contributed by atoms with E-state index in [1.165, 1.54) is 12.3 Å². The maximum Gasteiger partial charge on any atom is 0.141 e. The molecule has 1 aromatic heterocycles. The molecule has 3 nitrogen and oxygen atoms in total. The topological polar surface area (TPSA) is 50.9 Å². The number of nitrogens with zero attached hydrogens (tertiary/aromatic N) is 1. The molecule has 0 saturated heterocycles. The van der Waals surface area contributed by atoms with Crippen LogP contribution in [0, 0.1) is 5.82 Å². The number of nitrogens with one attached hydrogen (secondary N) is 1. The maximum absolute atomic E-state index is 12.6. The van der Waals surface area contributed by atoms with Crippen molar-refractivity contribution in [3.8, 4) is 0 Å². The average molecular weight is 209 g/mol. The zero-order valence-corrected chi connectivity index (χ0v) is 8.83. The highest BCUT2D eigenvalue weighted by Crippen LogP contribution is 2.17. The molecule has 1 rings (SSSR count). The normalized spacial score (nSPS) is 12.5. The van der Waals surface area contributed by atoms with E-state index >= 15 is 0 Å². The van der Waals surface area contributed by atoms with Gasteiger partial charge < -0.3 is 0 Å². The van der Waals surface area contributed by atoms with Crippen LogP contribution >= 0.6 is 0 Å². The number of allylic oxidation sites excluding steroid dienone is 1. The molecule has 1 aromatic rings. The van der Waals surface area contributed by atoms with Crippen molar-refractivity contribution in [2.75, 3.05) is 0 Å². The SMILES string of the molecule is C=C(C)CCC(NN)c1ccc(F)cn1. The molecule has 0 aromatic carbocycles. The van der Waals surface area contributed by atoms with Gasteiger partial charge in [0.25, 0.3) is 0 Å². The van der Waals surface area contributed by atoms with Gasteiger partial charge in [-0.1, -0.05) is 5.57 Å². The third-order valence-corrected chi connectivity index (χ3v) is 2.17. The number of hydrogen-bond donors (Lipinski definition) is 2. The van der Waals surface area contributed by atoms with Gasteiger partial charge in [-0.25, -0.2) is 4.39 Å². The zero-order chi connectivity index (χ0) is 11.3. The Bertz CT molecular complexity index is 321. The molecular formula is C11H16FN3. The highest BCUT2D eigenvalue weighted by Gasteiger charge is 2.10. The van der Waals surface area contributed by atoms with Gasteiger partial charge in [-0.05, 0) is 31.9 Å². The molecule has 3 N–H and O–H groups in total. The molecule has 0 radical (unpaired) electrons. The lowest BCUT2D eigenvalue weighted by atomic mass is 10.0. The predicted octanol–water partition coefficient (Wildman–Crippen LogP) is 2.08. The molecule has 0 fully saturated rings. The first-order valence-electron chi connectivity index (χ1n) is 4.85. The minimum absolute atomic E-state index is 0.0534. The minimum Gasteiger partial charge on any atom is -0.271 e. The Labute approximate surface area is 89.2 Å². The van der Waals surface area contributed by atoms with E-state index in [0.717, 1.165) is 24.1 Å². The van der Waals surface area contributed by atoms with E-state index in [9.17, 15) is 4.39 Å². The summed E-state index contributed by atoms with van der Waals surface area (Å²) in [6.45, 7) is 5.78. The van der Waals surface area contributed by atoms with Crippen LogP contribution in [0.5, 0.6) is 0 Å². The van der Waals surface area contributed by atoms with Crippen LogP contribution in [0.3, 0.4) is 0 Å². The van der Waals surface area contributed by atoms with Gasteiger partial charge in [0.1, 0.15) is 5.82 Å². The van der Waals surface area contributed by atoms with E-state index < -0.39 is 0 Å². The van der Waals surface area contributed by atoms with Gasteiger partial charge in [-0.2, -0.15) is 0 Å². The summed E-state index contributed by atoms with van der Waals surface area (Å²) in [5.74, 6) is 5.08. The highest BCUT2D eigenvalue weighted by atomic mass is 19.1. The lowest BCUT2D eigenvalue weighted by Crippen LogP contribution is -2.28. The molecule has 15 heavy (non-hydrogen) atoms. The lowest BCUT2D eigenvalue weighted by molar-refractivity contribution is 0.501. The van der Waals surface area contributed by atoms with Crippen molar-refractivity contribution in [3.63, 3.8) is 0 Å². The highest BCUT2D eigenvalue weighted by molar-refractivity contribution is 5.10. The molecule has 0 amide bonds. The third kappa shape index (κ3) is 3.77. The largest absolute Gasteiger partial charge is 0.271 e.